The van der Waals surface area contributed by atoms with E-state index in [2.05, 4.69) is 10.6 Å². The third-order valence-electron chi connectivity index (χ3n) is 5.82. The predicted octanol–water partition coefficient (Wildman–Crippen LogP) is 4.82. The highest BCUT2D eigenvalue weighted by atomic mass is 19.1. The summed E-state index contributed by atoms with van der Waals surface area (Å²) in [5, 5.41) is 5.67. The first-order chi connectivity index (χ1) is 16.4. The third kappa shape index (κ3) is 5.17. The summed E-state index contributed by atoms with van der Waals surface area (Å²) < 4.78 is 20.3. The van der Waals surface area contributed by atoms with Gasteiger partial charge in [-0.15, -0.1) is 0 Å². The lowest BCUT2D eigenvalue weighted by Crippen LogP contribution is -2.46. The fraction of sp³-hybridized carbons (Fsp3) is 0.269. The van der Waals surface area contributed by atoms with E-state index in [0.29, 0.717) is 11.4 Å². The van der Waals surface area contributed by atoms with Crippen LogP contribution in [0.5, 0.6) is 0 Å². The molecule has 1 heterocycles. The van der Waals surface area contributed by atoms with Crippen LogP contribution in [0.4, 0.5) is 15.8 Å². The van der Waals surface area contributed by atoms with Crippen molar-refractivity contribution < 1.29 is 23.2 Å². The van der Waals surface area contributed by atoms with Crippen LogP contribution in [0, 0.1) is 5.82 Å². The quantitative estimate of drug-likeness (QED) is 0.525. The summed E-state index contributed by atoms with van der Waals surface area (Å²) in [5.74, 6) is -1.88. The molecule has 1 saturated carbocycles. The molecule has 1 aromatic heterocycles. The molecule has 2 N–H and O–H groups in total. The highest BCUT2D eigenvalue weighted by Crippen LogP contribution is 2.33. The molecule has 8 heteroatoms. The molecule has 0 spiro atoms. The van der Waals surface area contributed by atoms with Crippen molar-refractivity contribution in [3.05, 3.63) is 84.1 Å². The monoisotopic (exact) mass is 463 g/mol. The number of carbonyl (C=O) groups excluding carboxylic acids is 3. The van der Waals surface area contributed by atoms with E-state index in [1.165, 1.54) is 42.4 Å². The van der Waals surface area contributed by atoms with Gasteiger partial charge >= 0.3 is 0 Å². The number of amides is 3. The Morgan fingerprint density at radius 2 is 1.71 bits per heavy atom. The van der Waals surface area contributed by atoms with Gasteiger partial charge in [-0.1, -0.05) is 31.0 Å². The number of anilines is 2. The minimum Gasteiger partial charge on any atom is -0.459 e. The summed E-state index contributed by atoms with van der Waals surface area (Å²) in [5.41, 5.74) is 0.952. The molecule has 0 radical (unpaired) electrons. The van der Waals surface area contributed by atoms with Crippen LogP contribution >= 0.6 is 0 Å². The smallest absolute Gasteiger partial charge is 0.294 e. The van der Waals surface area contributed by atoms with Gasteiger partial charge in [0.05, 0.1) is 6.26 Å². The molecule has 0 aliphatic heterocycles. The molecule has 1 aliphatic rings. The van der Waals surface area contributed by atoms with E-state index >= 15 is 4.39 Å². The normalized spacial score (nSPS) is 14.4. The Kier molecular flexibility index (Phi) is 7.06. The van der Waals surface area contributed by atoms with Gasteiger partial charge in [0.1, 0.15) is 11.9 Å². The number of carbonyl (C=O) groups is 3. The molecular formula is C26H26FN3O4. The molecule has 3 aromatic rings. The van der Waals surface area contributed by atoms with Gasteiger partial charge in [0.25, 0.3) is 5.91 Å². The standard InChI is InChI=1S/C26H26FN3O4/c1-17(31)28-19-12-14-20(15-13-19)30(26(33)23-11-6-16-34-23)24(21-9-4-5-10-22(21)27)25(32)29-18-7-2-3-8-18/h4-6,9-16,18,24H,2-3,7-8H2,1H3,(H,28,31)(H,29,32)/t24-/m1/s1. The third-order valence-corrected chi connectivity index (χ3v) is 5.82. The molecule has 1 aliphatic carbocycles. The second-order valence-electron chi connectivity index (χ2n) is 8.29. The van der Waals surface area contributed by atoms with Crippen molar-refractivity contribution in [3.63, 3.8) is 0 Å². The van der Waals surface area contributed by atoms with Crippen molar-refractivity contribution in [2.24, 2.45) is 0 Å². The van der Waals surface area contributed by atoms with E-state index in [0.717, 1.165) is 25.7 Å². The molecule has 7 nitrogen and oxygen atoms in total. The van der Waals surface area contributed by atoms with E-state index in [4.69, 9.17) is 4.42 Å². The lowest BCUT2D eigenvalue weighted by atomic mass is 10.0. The van der Waals surface area contributed by atoms with Crippen molar-refractivity contribution in [1.82, 2.24) is 5.32 Å². The SMILES string of the molecule is CC(=O)Nc1ccc(N(C(=O)c2ccco2)[C@@H](C(=O)NC2CCCC2)c2ccccc2F)cc1. The summed E-state index contributed by atoms with van der Waals surface area (Å²) in [6.45, 7) is 1.39. The van der Waals surface area contributed by atoms with E-state index in [1.807, 2.05) is 0 Å². The van der Waals surface area contributed by atoms with E-state index < -0.39 is 23.7 Å². The Hall–Kier alpha value is -3.94. The molecule has 0 unspecified atom stereocenters. The number of hydrogen-bond donors (Lipinski definition) is 2. The summed E-state index contributed by atoms with van der Waals surface area (Å²) in [6, 6.07) is 14.1. The topological polar surface area (TPSA) is 91.7 Å². The van der Waals surface area contributed by atoms with E-state index in [-0.39, 0.29) is 23.3 Å². The van der Waals surface area contributed by atoms with Gasteiger partial charge in [0.2, 0.25) is 11.8 Å². The summed E-state index contributed by atoms with van der Waals surface area (Å²) >= 11 is 0. The maximum absolute atomic E-state index is 15.0. The maximum atomic E-state index is 15.0. The summed E-state index contributed by atoms with van der Waals surface area (Å²) in [4.78, 5) is 39.8. The number of benzene rings is 2. The second kappa shape index (κ2) is 10.3. The van der Waals surface area contributed by atoms with Gasteiger partial charge in [0.15, 0.2) is 5.76 Å². The van der Waals surface area contributed by atoms with Gasteiger partial charge in [-0.25, -0.2) is 4.39 Å². The molecule has 0 bridgehead atoms. The van der Waals surface area contributed by atoms with Crippen molar-refractivity contribution in [2.75, 3.05) is 10.2 Å². The molecule has 1 atom stereocenters. The number of halogens is 1. The Labute approximate surface area is 196 Å². The van der Waals surface area contributed by atoms with Gasteiger partial charge in [-0.05, 0) is 55.3 Å². The number of nitrogens with zero attached hydrogens (tertiary/aromatic N) is 1. The van der Waals surface area contributed by atoms with Gasteiger partial charge in [0, 0.05) is 29.9 Å². The zero-order valence-electron chi connectivity index (χ0n) is 18.8. The molecule has 4 rings (SSSR count). The van der Waals surface area contributed by atoms with Crippen LogP contribution in [-0.4, -0.2) is 23.8 Å². The minimum atomic E-state index is -1.27. The minimum absolute atomic E-state index is 0.0148. The first-order valence-corrected chi connectivity index (χ1v) is 11.2. The molecule has 176 valence electrons. The fourth-order valence-corrected chi connectivity index (χ4v) is 4.26. The van der Waals surface area contributed by atoms with Gasteiger partial charge in [-0.2, -0.15) is 0 Å². The maximum Gasteiger partial charge on any atom is 0.294 e. The van der Waals surface area contributed by atoms with Crippen LogP contribution in [0.25, 0.3) is 0 Å². The van der Waals surface area contributed by atoms with Crippen molar-refractivity contribution in [3.8, 4) is 0 Å². The highest BCUT2D eigenvalue weighted by Gasteiger charge is 2.37. The second-order valence-corrected chi connectivity index (χ2v) is 8.29. The van der Waals surface area contributed by atoms with Crippen LogP contribution in [0.15, 0.2) is 71.3 Å². The fourth-order valence-electron chi connectivity index (χ4n) is 4.26. The first kappa shape index (κ1) is 23.2. The molecule has 0 saturated heterocycles. The average molecular weight is 464 g/mol. The van der Waals surface area contributed by atoms with Crippen LogP contribution in [0.1, 0.15) is 54.8 Å². The van der Waals surface area contributed by atoms with Crippen LogP contribution in [-0.2, 0) is 9.59 Å². The summed E-state index contributed by atoms with van der Waals surface area (Å²) in [7, 11) is 0. The predicted molar refractivity (Wildman–Crippen MR) is 126 cm³/mol. The molecular weight excluding hydrogens is 437 g/mol. The van der Waals surface area contributed by atoms with E-state index in [9.17, 15) is 14.4 Å². The van der Waals surface area contributed by atoms with Crippen LogP contribution in [0.3, 0.4) is 0 Å². The van der Waals surface area contributed by atoms with E-state index in [1.54, 1.807) is 36.4 Å². The van der Waals surface area contributed by atoms with Crippen molar-refractivity contribution >= 4 is 29.1 Å². The zero-order chi connectivity index (χ0) is 24.1. The number of rotatable bonds is 7. The molecule has 2 aromatic carbocycles. The highest BCUT2D eigenvalue weighted by molar-refractivity contribution is 6.08. The van der Waals surface area contributed by atoms with Gasteiger partial charge in [-0.3, -0.25) is 19.3 Å². The Bertz CT molecular complexity index is 1160. The summed E-state index contributed by atoms with van der Waals surface area (Å²) in [6.07, 6.45) is 5.06. The molecule has 1 fully saturated rings. The molecule has 34 heavy (non-hydrogen) atoms. The van der Waals surface area contributed by atoms with Crippen LogP contribution in [0.2, 0.25) is 0 Å². The number of hydrogen-bond acceptors (Lipinski definition) is 4. The van der Waals surface area contributed by atoms with Crippen molar-refractivity contribution in [1.29, 1.82) is 0 Å². The lowest BCUT2D eigenvalue weighted by Gasteiger charge is -2.32. The molecule has 3 amide bonds. The largest absolute Gasteiger partial charge is 0.459 e. The Morgan fingerprint density at radius 3 is 2.32 bits per heavy atom. The van der Waals surface area contributed by atoms with Crippen LogP contribution < -0.4 is 15.5 Å². The zero-order valence-corrected chi connectivity index (χ0v) is 18.8. The van der Waals surface area contributed by atoms with Crippen molar-refractivity contribution in [2.45, 2.75) is 44.7 Å². The Morgan fingerprint density at radius 1 is 1.00 bits per heavy atom. The van der Waals surface area contributed by atoms with Gasteiger partial charge < -0.3 is 15.1 Å². The Balaban J connectivity index is 1.80. The number of nitrogens with one attached hydrogen (secondary N) is 2. The first-order valence-electron chi connectivity index (χ1n) is 11.2. The average Bonchev–Trinajstić information content (AvgIpc) is 3.53. The lowest BCUT2D eigenvalue weighted by molar-refractivity contribution is -0.123. The number of furan rings is 1.